The number of carbonyl (C=O) groups is 2. The van der Waals surface area contributed by atoms with Crippen molar-refractivity contribution in [3.63, 3.8) is 0 Å². The largest absolute Gasteiger partial charge is 0.497 e. The lowest BCUT2D eigenvalue weighted by atomic mass is 10.1. The van der Waals surface area contributed by atoms with Gasteiger partial charge in [0, 0.05) is 30.6 Å². The lowest BCUT2D eigenvalue weighted by molar-refractivity contribution is -0.192. The Hall–Kier alpha value is -3.85. The van der Waals surface area contributed by atoms with E-state index < -0.39 is 12.1 Å². The predicted octanol–water partition coefficient (Wildman–Crippen LogP) is 4.90. The maximum Gasteiger partial charge on any atom is 0.490 e. The van der Waals surface area contributed by atoms with Crippen LogP contribution in [0.25, 0.3) is 0 Å². The van der Waals surface area contributed by atoms with E-state index in [-0.39, 0.29) is 5.91 Å². The van der Waals surface area contributed by atoms with Crippen molar-refractivity contribution in [1.82, 2.24) is 10.6 Å². The minimum Gasteiger partial charge on any atom is -0.497 e. The molecule has 0 saturated heterocycles. The Balaban J connectivity index is 0.000000454. The van der Waals surface area contributed by atoms with Crippen molar-refractivity contribution in [2.75, 3.05) is 7.11 Å². The second-order valence-electron chi connectivity index (χ2n) is 8.27. The molecular weight excluding hydrogens is 473 g/mol. The van der Waals surface area contributed by atoms with E-state index in [1.54, 1.807) is 7.11 Å². The molecule has 6 nitrogen and oxygen atoms in total. The topological polar surface area (TPSA) is 87.7 Å². The summed E-state index contributed by atoms with van der Waals surface area (Å²) >= 11 is 0. The van der Waals surface area contributed by atoms with Crippen LogP contribution in [0.5, 0.6) is 5.75 Å². The summed E-state index contributed by atoms with van der Waals surface area (Å²) in [7, 11) is 1.68. The van der Waals surface area contributed by atoms with Gasteiger partial charge in [0.1, 0.15) is 5.75 Å². The van der Waals surface area contributed by atoms with Crippen molar-refractivity contribution >= 4 is 11.9 Å². The number of rotatable bonds is 8. The monoisotopic (exact) mass is 500 g/mol. The molecule has 2 unspecified atom stereocenters. The third-order valence-corrected chi connectivity index (χ3v) is 5.66. The zero-order valence-electron chi connectivity index (χ0n) is 19.6. The maximum atomic E-state index is 12.4. The molecule has 0 aliphatic heterocycles. The van der Waals surface area contributed by atoms with E-state index in [0.717, 1.165) is 24.3 Å². The quantitative estimate of drug-likeness (QED) is 0.409. The van der Waals surface area contributed by atoms with E-state index in [1.165, 1.54) is 11.1 Å². The number of methoxy groups -OCH3 is 1. The van der Waals surface area contributed by atoms with Crippen molar-refractivity contribution in [2.24, 2.45) is 0 Å². The second-order valence-corrected chi connectivity index (χ2v) is 8.27. The molecule has 1 amide bonds. The van der Waals surface area contributed by atoms with Gasteiger partial charge in [-0.3, -0.25) is 4.79 Å². The van der Waals surface area contributed by atoms with Gasteiger partial charge in [-0.15, -0.1) is 0 Å². The zero-order chi connectivity index (χ0) is 26.1. The summed E-state index contributed by atoms with van der Waals surface area (Å²) in [5.41, 5.74) is 4.34. The molecule has 3 N–H and O–H groups in total. The third-order valence-electron chi connectivity index (χ3n) is 5.66. The highest BCUT2D eigenvalue weighted by Gasteiger charge is 2.38. The Morgan fingerprint density at radius 1 is 0.917 bits per heavy atom. The van der Waals surface area contributed by atoms with Gasteiger partial charge in [0.25, 0.3) is 5.91 Å². The van der Waals surface area contributed by atoms with Crippen LogP contribution < -0.4 is 15.4 Å². The zero-order valence-corrected chi connectivity index (χ0v) is 19.6. The summed E-state index contributed by atoms with van der Waals surface area (Å²) in [5, 5.41) is 13.7. The molecule has 2 atom stereocenters. The van der Waals surface area contributed by atoms with Crippen LogP contribution in [-0.2, 0) is 17.9 Å². The first kappa shape index (κ1) is 26.7. The number of aliphatic carboxylic acids is 1. The molecule has 3 aromatic carbocycles. The van der Waals surface area contributed by atoms with E-state index in [9.17, 15) is 18.0 Å². The molecule has 4 rings (SSSR count). The van der Waals surface area contributed by atoms with Gasteiger partial charge in [-0.1, -0.05) is 54.6 Å². The van der Waals surface area contributed by atoms with Gasteiger partial charge in [0.05, 0.1) is 7.11 Å². The molecule has 1 aliphatic carbocycles. The molecule has 0 heterocycles. The molecule has 1 aliphatic rings. The lowest BCUT2D eigenvalue weighted by Gasteiger charge is -2.08. The highest BCUT2D eigenvalue weighted by atomic mass is 19.4. The molecule has 9 heteroatoms. The molecule has 1 saturated carbocycles. The van der Waals surface area contributed by atoms with Gasteiger partial charge >= 0.3 is 12.1 Å². The van der Waals surface area contributed by atoms with E-state index in [0.29, 0.717) is 24.1 Å². The van der Waals surface area contributed by atoms with E-state index >= 15 is 0 Å². The summed E-state index contributed by atoms with van der Waals surface area (Å²) in [6.07, 6.45) is -3.95. The number of benzene rings is 3. The molecule has 3 aromatic rings. The number of hydrogen-bond acceptors (Lipinski definition) is 4. The smallest absolute Gasteiger partial charge is 0.490 e. The fourth-order valence-electron chi connectivity index (χ4n) is 3.54. The first-order valence-corrected chi connectivity index (χ1v) is 11.3. The number of amides is 1. The van der Waals surface area contributed by atoms with Crippen molar-refractivity contribution in [2.45, 2.75) is 37.6 Å². The number of carbonyl (C=O) groups excluding carboxylic acids is 1. The summed E-state index contributed by atoms with van der Waals surface area (Å²) in [6, 6.07) is 26.6. The highest BCUT2D eigenvalue weighted by molar-refractivity contribution is 5.94. The van der Waals surface area contributed by atoms with Gasteiger partial charge < -0.3 is 20.5 Å². The predicted molar refractivity (Wildman–Crippen MR) is 129 cm³/mol. The number of halogens is 3. The molecule has 1 fully saturated rings. The number of carboxylic acids is 1. The fourth-order valence-corrected chi connectivity index (χ4v) is 3.54. The minimum absolute atomic E-state index is 0.0367. The van der Waals surface area contributed by atoms with Gasteiger partial charge in [-0.05, 0) is 47.4 Å². The van der Waals surface area contributed by atoms with Crippen molar-refractivity contribution in [3.05, 3.63) is 101 Å². The second kappa shape index (κ2) is 12.2. The average molecular weight is 501 g/mol. The number of alkyl halides is 3. The SMILES string of the molecule is COc1ccc(CNC2CC2c2ccc(C(=O)NCc3ccccc3)cc2)cc1.O=C(O)C(F)(F)F. The summed E-state index contributed by atoms with van der Waals surface area (Å²) in [6.45, 7) is 1.40. The number of ether oxygens (including phenoxy) is 1. The van der Waals surface area contributed by atoms with Crippen LogP contribution >= 0.6 is 0 Å². The van der Waals surface area contributed by atoms with Gasteiger partial charge in [0.2, 0.25) is 0 Å². The highest BCUT2D eigenvalue weighted by Crippen LogP contribution is 2.41. The molecule has 0 aromatic heterocycles. The number of hydrogen-bond donors (Lipinski definition) is 3. The van der Waals surface area contributed by atoms with Crippen LogP contribution in [0, 0.1) is 0 Å². The summed E-state index contributed by atoms with van der Waals surface area (Å²) < 4.78 is 36.9. The van der Waals surface area contributed by atoms with E-state index in [2.05, 4.69) is 34.9 Å². The number of carboxylic acid groups (broad SMARTS) is 1. The Morgan fingerprint density at radius 3 is 2.06 bits per heavy atom. The van der Waals surface area contributed by atoms with Crippen LogP contribution in [0.3, 0.4) is 0 Å². The standard InChI is InChI=1S/C25H26N2O2.C2HF3O2/c1-29-22-13-7-19(8-14-22)16-26-24-15-23(24)20-9-11-21(12-10-20)25(28)27-17-18-5-3-2-4-6-18;3-2(4,5)1(6)7/h2-14,23-24,26H,15-17H2,1H3,(H,27,28);(H,6,7). The maximum absolute atomic E-state index is 12.4. The minimum atomic E-state index is -5.08. The normalized spacial score (nSPS) is 16.3. The van der Waals surface area contributed by atoms with E-state index in [4.69, 9.17) is 14.6 Å². The first-order chi connectivity index (χ1) is 17.2. The van der Waals surface area contributed by atoms with Crippen LogP contribution in [0.4, 0.5) is 13.2 Å². The van der Waals surface area contributed by atoms with Crippen LogP contribution in [-0.4, -0.2) is 36.3 Å². The fraction of sp³-hybridized carbons (Fsp3) is 0.259. The summed E-state index contributed by atoms with van der Waals surface area (Å²) in [5.74, 6) is -1.39. The Labute approximate surface area is 207 Å². The van der Waals surface area contributed by atoms with Crippen LogP contribution in [0.1, 0.15) is 39.4 Å². The molecule has 190 valence electrons. The molecule has 0 spiro atoms. The Bertz CT molecular complexity index is 1130. The Kier molecular flexibility index (Phi) is 9.08. The van der Waals surface area contributed by atoms with Crippen molar-refractivity contribution in [3.8, 4) is 5.75 Å². The van der Waals surface area contributed by atoms with E-state index in [1.807, 2.05) is 54.6 Å². The van der Waals surface area contributed by atoms with Crippen LogP contribution in [0.15, 0.2) is 78.9 Å². The van der Waals surface area contributed by atoms with Gasteiger partial charge in [0.15, 0.2) is 0 Å². The molecular formula is C27H27F3N2O4. The van der Waals surface area contributed by atoms with Crippen LogP contribution in [0.2, 0.25) is 0 Å². The first-order valence-electron chi connectivity index (χ1n) is 11.3. The van der Waals surface area contributed by atoms with Crippen molar-refractivity contribution < 1.29 is 32.6 Å². The molecule has 0 radical (unpaired) electrons. The van der Waals surface area contributed by atoms with Crippen molar-refractivity contribution in [1.29, 1.82) is 0 Å². The lowest BCUT2D eigenvalue weighted by Crippen LogP contribution is -2.22. The van der Waals surface area contributed by atoms with Gasteiger partial charge in [-0.2, -0.15) is 13.2 Å². The van der Waals surface area contributed by atoms with Gasteiger partial charge in [-0.25, -0.2) is 4.79 Å². The molecule has 36 heavy (non-hydrogen) atoms. The average Bonchev–Trinajstić information content (AvgIpc) is 3.66. The Morgan fingerprint density at radius 2 is 1.50 bits per heavy atom. The molecule has 0 bridgehead atoms. The third kappa shape index (κ3) is 8.13. The number of nitrogens with one attached hydrogen (secondary N) is 2. The summed E-state index contributed by atoms with van der Waals surface area (Å²) in [4.78, 5) is 21.2.